The zero-order chi connectivity index (χ0) is 14.4. The van der Waals surface area contributed by atoms with Gasteiger partial charge in [-0.1, -0.05) is 25.9 Å². The highest BCUT2D eigenvalue weighted by Gasteiger charge is 2.20. The van der Waals surface area contributed by atoms with Crippen LogP contribution in [0.15, 0.2) is 10.6 Å². The Balaban J connectivity index is 1.77. The fourth-order valence-corrected chi connectivity index (χ4v) is 3.64. The van der Waals surface area contributed by atoms with Gasteiger partial charge in [-0.2, -0.15) is 11.8 Å². The number of hydrogen-bond acceptors (Lipinski definition) is 5. The summed E-state index contributed by atoms with van der Waals surface area (Å²) in [7, 11) is 0. The van der Waals surface area contributed by atoms with E-state index < -0.39 is 0 Å². The van der Waals surface area contributed by atoms with Crippen molar-refractivity contribution in [3.8, 4) is 0 Å². The minimum absolute atomic E-state index is 0.665. The highest BCUT2D eigenvalue weighted by Crippen LogP contribution is 2.22. The largest absolute Gasteiger partial charge is 0.360 e. The average Bonchev–Trinajstić information content (AvgIpc) is 2.86. The summed E-state index contributed by atoms with van der Waals surface area (Å²) in [6, 6.07) is 2.09. The van der Waals surface area contributed by atoms with Crippen molar-refractivity contribution in [2.75, 3.05) is 25.4 Å². The van der Waals surface area contributed by atoms with Crippen LogP contribution in [-0.2, 0) is 13.1 Å². The molecule has 1 fully saturated rings. The van der Waals surface area contributed by atoms with Crippen LogP contribution in [0.5, 0.6) is 0 Å². The van der Waals surface area contributed by atoms with Crippen molar-refractivity contribution in [1.29, 1.82) is 0 Å². The van der Waals surface area contributed by atoms with E-state index in [1.807, 2.05) is 0 Å². The highest BCUT2D eigenvalue weighted by atomic mass is 32.2. The first kappa shape index (κ1) is 15.9. The van der Waals surface area contributed by atoms with Crippen LogP contribution in [-0.4, -0.2) is 40.7 Å². The van der Waals surface area contributed by atoms with E-state index in [4.69, 9.17) is 4.52 Å². The van der Waals surface area contributed by atoms with E-state index in [1.165, 1.54) is 18.7 Å². The molecule has 4 nitrogen and oxygen atoms in total. The van der Waals surface area contributed by atoms with Gasteiger partial charge < -0.3 is 9.84 Å². The second-order valence-electron chi connectivity index (χ2n) is 5.95. The summed E-state index contributed by atoms with van der Waals surface area (Å²) in [5.41, 5.74) is 1.01. The number of nitrogens with one attached hydrogen (secondary N) is 1. The van der Waals surface area contributed by atoms with Gasteiger partial charge in [0.05, 0.1) is 12.2 Å². The Morgan fingerprint density at radius 2 is 2.40 bits per heavy atom. The summed E-state index contributed by atoms with van der Waals surface area (Å²) in [4.78, 5) is 2.48. The maximum atomic E-state index is 5.46. The summed E-state index contributed by atoms with van der Waals surface area (Å²) in [6.07, 6.45) is 1.25. The molecule has 0 amide bonds. The van der Waals surface area contributed by atoms with Crippen LogP contribution in [0.25, 0.3) is 0 Å². The molecule has 1 N–H and O–H groups in total. The van der Waals surface area contributed by atoms with Gasteiger partial charge in [-0.25, -0.2) is 0 Å². The Bertz CT molecular complexity index is 394. The molecule has 2 rings (SSSR count). The molecule has 1 aliphatic rings. The fourth-order valence-electron chi connectivity index (χ4n) is 2.39. The third-order valence-corrected chi connectivity index (χ3v) is 4.90. The zero-order valence-electron chi connectivity index (χ0n) is 12.9. The lowest BCUT2D eigenvalue weighted by Gasteiger charge is -2.30. The van der Waals surface area contributed by atoms with Gasteiger partial charge in [0.2, 0.25) is 0 Å². The minimum atomic E-state index is 0.665. The van der Waals surface area contributed by atoms with Gasteiger partial charge in [-0.05, 0) is 18.9 Å². The maximum absolute atomic E-state index is 5.46. The lowest BCUT2D eigenvalue weighted by molar-refractivity contribution is 0.236. The molecule has 1 unspecified atom stereocenters. The third-order valence-electron chi connectivity index (χ3n) is 3.52. The first-order chi connectivity index (χ1) is 9.67. The molecule has 0 radical (unpaired) electrons. The van der Waals surface area contributed by atoms with Crippen LogP contribution >= 0.6 is 11.8 Å². The molecule has 0 bridgehead atoms. The fraction of sp³-hybridized carbons (Fsp3) is 0.800. The van der Waals surface area contributed by atoms with E-state index in [0.29, 0.717) is 5.92 Å². The third kappa shape index (κ3) is 5.11. The highest BCUT2D eigenvalue weighted by molar-refractivity contribution is 8.00. The van der Waals surface area contributed by atoms with Crippen molar-refractivity contribution in [2.24, 2.45) is 5.92 Å². The Hall–Kier alpha value is -0.520. The van der Waals surface area contributed by atoms with Crippen LogP contribution in [0.3, 0.4) is 0 Å². The first-order valence-electron chi connectivity index (χ1n) is 7.66. The van der Waals surface area contributed by atoms with Crippen molar-refractivity contribution in [2.45, 2.75) is 45.5 Å². The van der Waals surface area contributed by atoms with Crippen molar-refractivity contribution >= 4 is 11.8 Å². The zero-order valence-corrected chi connectivity index (χ0v) is 13.7. The number of nitrogens with zero attached hydrogens (tertiary/aromatic N) is 2. The topological polar surface area (TPSA) is 41.3 Å². The Kier molecular flexibility index (Phi) is 6.39. The summed E-state index contributed by atoms with van der Waals surface area (Å²) in [6.45, 7) is 11.7. The molecule has 1 atom stereocenters. The molecule has 0 spiro atoms. The lowest BCUT2D eigenvalue weighted by atomic mass is 10.2. The van der Waals surface area contributed by atoms with Gasteiger partial charge in [0.15, 0.2) is 5.76 Å². The molecular formula is C15H27N3OS. The van der Waals surface area contributed by atoms with Crippen molar-refractivity contribution in [1.82, 2.24) is 15.4 Å². The Labute approximate surface area is 126 Å². The molecule has 0 aliphatic carbocycles. The van der Waals surface area contributed by atoms with Crippen LogP contribution in [0.2, 0.25) is 0 Å². The molecule has 1 saturated heterocycles. The molecule has 1 aromatic heterocycles. The van der Waals surface area contributed by atoms with Gasteiger partial charge >= 0.3 is 0 Å². The van der Waals surface area contributed by atoms with Gasteiger partial charge in [0, 0.05) is 36.7 Å². The first-order valence-corrected chi connectivity index (χ1v) is 8.71. The van der Waals surface area contributed by atoms with Crippen molar-refractivity contribution in [3.05, 3.63) is 17.5 Å². The molecule has 0 saturated carbocycles. The molecule has 2 heterocycles. The SMILES string of the molecule is CCC1CN(Cc2cc(CNCC(C)C)no2)CCS1. The summed E-state index contributed by atoms with van der Waals surface area (Å²) >= 11 is 2.10. The molecule has 5 heteroatoms. The van der Waals surface area contributed by atoms with Crippen LogP contribution in [0, 0.1) is 5.92 Å². The summed E-state index contributed by atoms with van der Waals surface area (Å²) < 4.78 is 5.46. The Morgan fingerprint density at radius 1 is 1.55 bits per heavy atom. The van der Waals surface area contributed by atoms with E-state index in [1.54, 1.807) is 0 Å². The number of rotatable bonds is 7. The molecule has 114 valence electrons. The summed E-state index contributed by atoms with van der Waals surface area (Å²) in [5.74, 6) is 2.89. The van der Waals surface area contributed by atoms with Crippen LogP contribution in [0.4, 0.5) is 0 Å². The van der Waals surface area contributed by atoms with Crippen LogP contribution < -0.4 is 5.32 Å². The molecule has 20 heavy (non-hydrogen) atoms. The molecule has 0 aromatic carbocycles. The van der Waals surface area contributed by atoms with Gasteiger partial charge in [0.1, 0.15) is 0 Å². The smallest absolute Gasteiger partial charge is 0.151 e. The normalized spacial score (nSPS) is 20.7. The molecular weight excluding hydrogens is 270 g/mol. The minimum Gasteiger partial charge on any atom is -0.360 e. The molecule has 1 aliphatic heterocycles. The van der Waals surface area contributed by atoms with E-state index in [9.17, 15) is 0 Å². The van der Waals surface area contributed by atoms with E-state index in [2.05, 4.69) is 54.0 Å². The number of hydrogen-bond donors (Lipinski definition) is 1. The second-order valence-corrected chi connectivity index (χ2v) is 7.35. The van der Waals surface area contributed by atoms with Crippen molar-refractivity contribution in [3.63, 3.8) is 0 Å². The average molecular weight is 297 g/mol. The second kappa shape index (κ2) is 8.05. The van der Waals surface area contributed by atoms with E-state index in [-0.39, 0.29) is 0 Å². The maximum Gasteiger partial charge on any atom is 0.151 e. The quantitative estimate of drug-likeness (QED) is 0.838. The Morgan fingerprint density at radius 3 is 3.15 bits per heavy atom. The lowest BCUT2D eigenvalue weighted by Crippen LogP contribution is -2.36. The van der Waals surface area contributed by atoms with Gasteiger partial charge in [-0.15, -0.1) is 0 Å². The summed E-state index contributed by atoms with van der Waals surface area (Å²) in [5, 5.41) is 8.32. The molecule has 1 aromatic rings. The predicted molar refractivity (Wildman–Crippen MR) is 84.9 cm³/mol. The van der Waals surface area contributed by atoms with E-state index >= 15 is 0 Å². The standard InChI is InChI=1S/C15H27N3OS/c1-4-15-11-18(5-6-20-15)10-14-7-13(17-19-14)9-16-8-12(2)3/h7,12,15-16H,4-6,8-11H2,1-3H3. The number of thioether (sulfide) groups is 1. The van der Waals surface area contributed by atoms with Crippen molar-refractivity contribution < 1.29 is 4.52 Å². The monoisotopic (exact) mass is 297 g/mol. The van der Waals surface area contributed by atoms with Gasteiger partial charge in [-0.3, -0.25) is 4.90 Å². The van der Waals surface area contributed by atoms with Gasteiger partial charge in [0.25, 0.3) is 0 Å². The van der Waals surface area contributed by atoms with Crippen LogP contribution in [0.1, 0.15) is 38.6 Å². The van der Waals surface area contributed by atoms with E-state index in [0.717, 1.165) is 42.9 Å². The number of aromatic nitrogens is 1. The predicted octanol–water partition coefficient (Wildman–Crippen LogP) is 2.75.